The van der Waals surface area contributed by atoms with E-state index in [1.807, 2.05) is 24.3 Å². The number of hydrogen-bond acceptors (Lipinski definition) is 3. The molecule has 3 aromatic rings. The predicted octanol–water partition coefficient (Wildman–Crippen LogP) is 3.27. The van der Waals surface area contributed by atoms with E-state index in [0.717, 1.165) is 16.3 Å². The number of anilines is 1. The summed E-state index contributed by atoms with van der Waals surface area (Å²) in [6.45, 7) is 2.20. The number of urea groups is 1. The number of amides is 2. The number of carbonyl (C=O) groups excluding carboxylic acids is 1. The van der Waals surface area contributed by atoms with Crippen molar-refractivity contribution in [1.29, 1.82) is 0 Å². The summed E-state index contributed by atoms with van der Waals surface area (Å²) in [5.41, 5.74) is 1.10. The molecule has 2 N–H and O–H groups in total. The maximum absolute atomic E-state index is 12.4. The van der Waals surface area contributed by atoms with Crippen molar-refractivity contribution in [2.24, 2.45) is 5.92 Å². The van der Waals surface area contributed by atoms with Crippen molar-refractivity contribution in [2.45, 2.75) is 13.5 Å². The molecule has 2 aromatic carbocycles. The maximum atomic E-state index is 12.4. The Kier molecular flexibility index (Phi) is 5.40. The second-order valence-corrected chi connectivity index (χ2v) is 6.56. The van der Waals surface area contributed by atoms with Gasteiger partial charge in [0.25, 0.3) is 0 Å². The minimum atomic E-state index is -0.935. The summed E-state index contributed by atoms with van der Waals surface area (Å²) >= 11 is 0. The fraction of sp³-hybridized carbons (Fsp3) is 0.250. The molecule has 0 aliphatic carbocycles. The van der Waals surface area contributed by atoms with E-state index in [9.17, 15) is 9.59 Å². The molecule has 2 amide bonds. The first kappa shape index (κ1) is 18.4. The van der Waals surface area contributed by atoms with E-state index in [4.69, 9.17) is 5.11 Å². The van der Waals surface area contributed by atoms with Gasteiger partial charge in [-0.3, -0.25) is 10.1 Å². The number of fused-ring (bicyclic) bond motifs is 1. The molecular weight excluding hydrogens is 344 g/mol. The van der Waals surface area contributed by atoms with Crippen LogP contribution in [0.15, 0.2) is 54.7 Å². The van der Waals surface area contributed by atoms with E-state index in [0.29, 0.717) is 12.4 Å². The van der Waals surface area contributed by atoms with Gasteiger partial charge in [0, 0.05) is 19.7 Å². The van der Waals surface area contributed by atoms with Crippen LogP contribution in [0.2, 0.25) is 0 Å². The Bertz CT molecular complexity index is 961. The molecule has 7 nitrogen and oxygen atoms in total. The van der Waals surface area contributed by atoms with Gasteiger partial charge in [-0.2, -0.15) is 5.10 Å². The molecule has 0 aliphatic heterocycles. The largest absolute Gasteiger partial charge is 0.481 e. The SMILES string of the molecule is CC(CN(C)C(=O)Nc1ccnn1Cc1cccc2ccccc12)C(=O)O. The van der Waals surface area contributed by atoms with Gasteiger partial charge in [-0.15, -0.1) is 0 Å². The molecule has 0 bridgehead atoms. The lowest BCUT2D eigenvalue weighted by atomic mass is 10.0. The quantitative estimate of drug-likeness (QED) is 0.701. The molecule has 0 saturated carbocycles. The first-order valence-electron chi connectivity index (χ1n) is 8.69. The number of carbonyl (C=O) groups is 2. The minimum absolute atomic E-state index is 0.124. The minimum Gasteiger partial charge on any atom is -0.481 e. The number of carboxylic acids is 1. The van der Waals surface area contributed by atoms with Crippen LogP contribution in [0.25, 0.3) is 10.8 Å². The highest BCUT2D eigenvalue weighted by atomic mass is 16.4. The maximum Gasteiger partial charge on any atom is 0.322 e. The van der Waals surface area contributed by atoms with E-state index < -0.39 is 11.9 Å². The van der Waals surface area contributed by atoms with Gasteiger partial charge >= 0.3 is 12.0 Å². The lowest BCUT2D eigenvalue weighted by Crippen LogP contribution is -2.37. The Labute approximate surface area is 157 Å². The number of nitrogens with zero attached hydrogens (tertiary/aromatic N) is 3. The second kappa shape index (κ2) is 7.90. The third-order valence-corrected chi connectivity index (χ3v) is 4.47. The van der Waals surface area contributed by atoms with Crippen molar-refractivity contribution in [2.75, 3.05) is 18.9 Å². The monoisotopic (exact) mass is 366 g/mol. The van der Waals surface area contributed by atoms with E-state index in [-0.39, 0.29) is 12.6 Å². The Balaban J connectivity index is 1.74. The fourth-order valence-corrected chi connectivity index (χ4v) is 2.93. The number of hydrogen-bond donors (Lipinski definition) is 2. The number of rotatable bonds is 6. The van der Waals surface area contributed by atoms with Crippen LogP contribution in [0.4, 0.5) is 10.6 Å². The van der Waals surface area contributed by atoms with Crippen LogP contribution in [0, 0.1) is 5.92 Å². The third-order valence-electron chi connectivity index (χ3n) is 4.47. The van der Waals surface area contributed by atoms with Gasteiger partial charge in [-0.25, -0.2) is 9.48 Å². The van der Waals surface area contributed by atoms with Crippen LogP contribution in [0.1, 0.15) is 12.5 Å². The second-order valence-electron chi connectivity index (χ2n) is 6.56. The van der Waals surface area contributed by atoms with Crippen molar-refractivity contribution in [3.8, 4) is 0 Å². The molecular formula is C20H22N4O3. The molecule has 3 rings (SSSR count). The molecule has 0 radical (unpaired) electrons. The zero-order chi connectivity index (χ0) is 19.4. The van der Waals surface area contributed by atoms with Gasteiger partial charge in [-0.05, 0) is 16.3 Å². The molecule has 0 saturated heterocycles. The fourth-order valence-electron chi connectivity index (χ4n) is 2.93. The van der Waals surface area contributed by atoms with E-state index in [2.05, 4.69) is 28.6 Å². The van der Waals surface area contributed by atoms with Crippen molar-refractivity contribution in [1.82, 2.24) is 14.7 Å². The molecule has 7 heteroatoms. The highest BCUT2D eigenvalue weighted by molar-refractivity contribution is 5.89. The van der Waals surface area contributed by atoms with Crippen molar-refractivity contribution in [3.63, 3.8) is 0 Å². The number of aliphatic carboxylic acids is 1. The standard InChI is InChI=1S/C20H22N4O3/c1-14(19(25)26)12-23(2)20(27)22-18-10-11-21-24(18)13-16-8-5-7-15-6-3-4-9-17(15)16/h3-11,14H,12-13H2,1-2H3,(H,22,27)(H,25,26). The summed E-state index contributed by atoms with van der Waals surface area (Å²) in [4.78, 5) is 24.7. The lowest BCUT2D eigenvalue weighted by molar-refractivity contribution is -0.141. The molecule has 1 heterocycles. The molecule has 27 heavy (non-hydrogen) atoms. The molecule has 0 aliphatic rings. The molecule has 0 spiro atoms. The summed E-state index contributed by atoms with van der Waals surface area (Å²) in [7, 11) is 1.57. The smallest absolute Gasteiger partial charge is 0.322 e. The lowest BCUT2D eigenvalue weighted by Gasteiger charge is -2.20. The molecule has 0 fully saturated rings. The highest BCUT2D eigenvalue weighted by Crippen LogP contribution is 2.20. The summed E-state index contributed by atoms with van der Waals surface area (Å²) in [5, 5.41) is 18.4. The average molecular weight is 366 g/mol. The summed E-state index contributed by atoms with van der Waals surface area (Å²) in [6.07, 6.45) is 1.63. The van der Waals surface area contributed by atoms with Crippen LogP contribution in [0.5, 0.6) is 0 Å². The van der Waals surface area contributed by atoms with Crippen molar-refractivity contribution < 1.29 is 14.7 Å². The Morgan fingerprint density at radius 2 is 1.93 bits per heavy atom. The zero-order valence-corrected chi connectivity index (χ0v) is 15.3. The van der Waals surface area contributed by atoms with E-state index in [1.54, 1.807) is 30.9 Å². The predicted molar refractivity (Wildman–Crippen MR) is 104 cm³/mol. The number of nitrogens with one attached hydrogen (secondary N) is 1. The van der Waals surface area contributed by atoms with Gasteiger partial charge in [-0.1, -0.05) is 49.4 Å². The summed E-state index contributed by atoms with van der Waals surface area (Å²) in [5.74, 6) is -1.01. The molecule has 1 unspecified atom stereocenters. The van der Waals surface area contributed by atoms with Crippen LogP contribution in [0.3, 0.4) is 0 Å². The van der Waals surface area contributed by atoms with Gasteiger partial charge in [0.15, 0.2) is 0 Å². The van der Waals surface area contributed by atoms with Gasteiger partial charge in [0.2, 0.25) is 0 Å². The number of benzene rings is 2. The van der Waals surface area contributed by atoms with Gasteiger partial charge in [0.1, 0.15) is 5.82 Å². The normalized spacial score (nSPS) is 11.9. The summed E-state index contributed by atoms with van der Waals surface area (Å²) < 4.78 is 1.72. The average Bonchev–Trinajstić information content (AvgIpc) is 3.08. The van der Waals surface area contributed by atoms with Crippen molar-refractivity contribution >= 4 is 28.6 Å². The zero-order valence-electron chi connectivity index (χ0n) is 15.3. The third kappa shape index (κ3) is 4.25. The summed E-state index contributed by atoms with van der Waals surface area (Å²) in [6, 6.07) is 15.6. The Hall–Kier alpha value is -3.35. The number of carboxylic acid groups (broad SMARTS) is 1. The topological polar surface area (TPSA) is 87.5 Å². The molecule has 1 atom stereocenters. The Morgan fingerprint density at radius 3 is 2.70 bits per heavy atom. The molecule has 1 aromatic heterocycles. The van der Waals surface area contributed by atoms with Crippen molar-refractivity contribution in [3.05, 3.63) is 60.3 Å². The van der Waals surface area contributed by atoms with Crippen LogP contribution in [-0.2, 0) is 11.3 Å². The van der Waals surface area contributed by atoms with Gasteiger partial charge in [0.05, 0.1) is 18.7 Å². The van der Waals surface area contributed by atoms with E-state index in [1.165, 1.54) is 4.90 Å². The van der Waals surface area contributed by atoms with Crippen LogP contribution < -0.4 is 5.32 Å². The first-order chi connectivity index (χ1) is 13.0. The first-order valence-corrected chi connectivity index (χ1v) is 8.69. The van der Waals surface area contributed by atoms with Crippen LogP contribution in [-0.4, -0.2) is 45.4 Å². The Morgan fingerprint density at radius 1 is 1.19 bits per heavy atom. The number of aromatic nitrogens is 2. The van der Waals surface area contributed by atoms with Crippen LogP contribution >= 0.6 is 0 Å². The van der Waals surface area contributed by atoms with Gasteiger partial charge < -0.3 is 10.0 Å². The van der Waals surface area contributed by atoms with E-state index >= 15 is 0 Å². The highest BCUT2D eigenvalue weighted by Gasteiger charge is 2.18. The molecule has 140 valence electrons.